The predicted octanol–water partition coefficient (Wildman–Crippen LogP) is 2.02. The van der Waals surface area contributed by atoms with E-state index in [9.17, 15) is 9.59 Å². The number of fused-ring (bicyclic) bond motifs is 1. The molecule has 7 heteroatoms. The fourth-order valence-electron chi connectivity index (χ4n) is 3.83. The van der Waals surface area contributed by atoms with Gasteiger partial charge in [0.2, 0.25) is 0 Å². The summed E-state index contributed by atoms with van der Waals surface area (Å²) < 4.78 is 0. The minimum atomic E-state index is -0.252. The SMILES string of the molecule is CC(C)(C)N1CCC(N2Cc3ccc(C(=O)NCCO)cc3NC2=O)CC1. The number of aliphatic hydroxyl groups excluding tert-OH is 1. The molecule has 0 spiro atoms. The summed E-state index contributed by atoms with van der Waals surface area (Å²) in [5.74, 6) is -0.252. The van der Waals surface area contributed by atoms with Crippen LogP contribution in [0.5, 0.6) is 0 Å². The molecule has 1 saturated heterocycles. The Morgan fingerprint density at radius 1 is 1.30 bits per heavy atom. The van der Waals surface area contributed by atoms with Crippen LogP contribution in [0.15, 0.2) is 18.2 Å². The molecule has 3 amide bonds. The molecule has 3 rings (SSSR count). The number of nitrogens with one attached hydrogen (secondary N) is 2. The van der Waals surface area contributed by atoms with Crippen molar-refractivity contribution in [2.75, 3.05) is 31.6 Å². The van der Waals surface area contributed by atoms with Crippen molar-refractivity contribution in [3.05, 3.63) is 29.3 Å². The minimum Gasteiger partial charge on any atom is -0.395 e. The summed E-state index contributed by atoms with van der Waals surface area (Å²) in [5, 5.41) is 14.4. The Hall–Kier alpha value is -2.12. The third-order valence-corrected chi connectivity index (χ3v) is 5.47. The van der Waals surface area contributed by atoms with Gasteiger partial charge in [0, 0.05) is 49.0 Å². The second kappa shape index (κ2) is 7.86. The number of hydrogen-bond donors (Lipinski definition) is 3. The lowest BCUT2D eigenvalue weighted by atomic mass is 9.96. The second-order valence-electron chi connectivity index (χ2n) is 8.30. The first-order chi connectivity index (χ1) is 12.8. The molecule has 1 fully saturated rings. The van der Waals surface area contributed by atoms with Crippen LogP contribution >= 0.6 is 0 Å². The van der Waals surface area contributed by atoms with Gasteiger partial charge in [-0.05, 0) is 51.3 Å². The number of urea groups is 1. The first-order valence-corrected chi connectivity index (χ1v) is 9.64. The van der Waals surface area contributed by atoms with E-state index in [-0.39, 0.29) is 36.7 Å². The number of carbonyl (C=O) groups is 2. The van der Waals surface area contributed by atoms with Gasteiger partial charge in [-0.1, -0.05) is 6.07 Å². The zero-order valence-electron chi connectivity index (χ0n) is 16.4. The quantitative estimate of drug-likeness (QED) is 0.753. The number of anilines is 1. The topological polar surface area (TPSA) is 84.9 Å². The number of piperidine rings is 1. The fraction of sp³-hybridized carbons (Fsp3) is 0.600. The van der Waals surface area contributed by atoms with Gasteiger partial charge in [-0.25, -0.2) is 4.79 Å². The summed E-state index contributed by atoms with van der Waals surface area (Å²) in [6.45, 7) is 9.35. The van der Waals surface area contributed by atoms with E-state index in [2.05, 4.69) is 36.3 Å². The van der Waals surface area contributed by atoms with Crippen LogP contribution in [0.2, 0.25) is 0 Å². The molecule has 7 nitrogen and oxygen atoms in total. The number of likely N-dealkylation sites (tertiary alicyclic amines) is 1. The molecule has 0 radical (unpaired) electrons. The lowest BCUT2D eigenvalue weighted by Crippen LogP contribution is -2.53. The van der Waals surface area contributed by atoms with Crippen molar-refractivity contribution in [3.63, 3.8) is 0 Å². The lowest BCUT2D eigenvalue weighted by molar-refractivity contribution is 0.0667. The smallest absolute Gasteiger partial charge is 0.322 e. The van der Waals surface area contributed by atoms with Crippen molar-refractivity contribution < 1.29 is 14.7 Å². The van der Waals surface area contributed by atoms with Crippen LogP contribution in [0.3, 0.4) is 0 Å². The molecular formula is C20H30N4O3. The summed E-state index contributed by atoms with van der Waals surface area (Å²) in [7, 11) is 0. The molecule has 2 aliphatic heterocycles. The van der Waals surface area contributed by atoms with E-state index in [4.69, 9.17) is 5.11 Å². The van der Waals surface area contributed by atoms with E-state index in [1.165, 1.54) is 0 Å². The van der Waals surface area contributed by atoms with Gasteiger partial charge in [-0.15, -0.1) is 0 Å². The molecule has 0 unspecified atom stereocenters. The average molecular weight is 374 g/mol. The molecule has 148 valence electrons. The first-order valence-electron chi connectivity index (χ1n) is 9.64. The van der Waals surface area contributed by atoms with Gasteiger partial charge < -0.3 is 20.6 Å². The highest BCUT2D eigenvalue weighted by Crippen LogP contribution is 2.30. The number of hydrogen-bond acceptors (Lipinski definition) is 4. The Morgan fingerprint density at radius 2 is 2.00 bits per heavy atom. The van der Waals surface area contributed by atoms with Gasteiger partial charge in [0.05, 0.1) is 6.61 Å². The van der Waals surface area contributed by atoms with Crippen molar-refractivity contribution in [2.24, 2.45) is 0 Å². The Kier molecular flexibility index (Phi) is 5.72. The van der Waals surface area contributed by atoms with Crippen molar-refractivity contribution in [1.29, 1.82) is 0 Å². The highest BCUT2D eigenvalue weighted by atomic mass is 16.3. The van der Waals surface area contributed by atoms with Crippen LogP contribution < -0.4 is 10.6 Å². The van der Waals surface area contributed by atoms with Gasteiger partial charge in [0.1, 0.15) is 0 Å². The number of nitrogens with zero attached hydrogens (tertiary/aromatic N) is 2. The van der Waals surface area contributed by atoms with Crippen molar-refractivity contribution >= 4 is 17.6 Å². The maximum atomic E-state index is 12.7. The molecule has 27 heavy (non-hydrogen) atoms. The third kappa shape index (κ3) is 4.42. The Balaban J connectivity index is 1.67. The zero-order valence-corrected chi connectivity index (χ0v) is 16.4. The number of benzene rings is 1. The molecular weight excluding hydrogens is 344 g/mol. The van der Waals surface area contributed by atoms with E-state index < -0.39 is 0 Å². The molecule has 0 saturated carbocycles. The fourth-order valence-corrected chi connectivity index (χ4v) is 3.83. The van der Waals surface area contributed by atoms with Gasteiger partial charge in [-0.3, -0.25) is 9.69 Å². The van der Waals surface area contributed by atoms with Crippen LogP contribution in [-0.2, 0) is 6.54 Å². The van der Waals surface area contributed by atoms with Gasteiger partial charge in [-0.2, -0.15) is 0 Å². The molecule has 2 heterocycles. The number of rotatable bonds is 4. The van der Waals surface area contributed by atoms with Crippen molar-refractivity contribution in [1.82, 2.24) is 15.1 Å². The van der Waals surface area contributed by atoms with Crippen molar-refractivity contribution in [2.45, 2.75) is 51.7 Å². The molecule has 0 atom stereocenters. The van der Waals surface area contributed by atoms with E-state index in [0.717, 1.165) is 31.5 Å². The van der Waals surface area contributed by atoms with Crippen LogP contribution in [0, 0.1) is 0 Å². The summed E-state index contributed by atoms with van der Waals surface area (Å²) >= 11 is 0. The second-order valence-corrected chi connectivity index (χ2v) is 8.30. The zero-order chi connectivity index (χ0) is 19.6. The minimum absolute atomic E-state index is 0.0929. The van der Waals surface area contributed by atoms with E-state index in [1.807, 2.05) is 11.0 Å². The van der Waals surface area contributed by atoms with Gasteiger partial charge >= 0.3 is 6.03 Å². The summed E-state index contributed by atoms with van der Waals surface area (Å²) in [4.78, 5) is 29.1. The highest BCUT2D eigenvalue weighted by molar-refractivity contribution is 5.98. The van der Waals surface area contributed by atoms with Gasteiger partial charge in [0.15, 0.2) is 0 Å². The first kappa shape index (κ1) is 19.6. The molecule has 1 aromatic rings. The maximum Gasteiger partial charge on any atom is 0.322 e. The van der Waals surface area contributed by atoms with E-state index >= 15 is 0 Å². The summed E-state index contributed by atoms with van der Waals surface area (Å²) in [6.07, 6.45) is 1.95. The van der Waals surface area contributed by atoms with Crippen LogP contribution in [-0.4, -0.2) is 64.7 Å². The number of carbonyl (C=O) groups excluding carboxylic acids is 2. The Labute approximate surface area is 160 Å². The third-order valence-electron chi connectivity index (χ3n) is 5.47. The van der Waals surface area contributed by atoms with E-state index in [0.29, 0.717) is 17.8 Å². The lowest BCUT2D eigenvalue weighted by Gasteiger charge is -2.44. The molecule has 3 N–H and O–H groups in total. The average Bonchev–Trinajstić information content (AvgIpc) is 2.64. The number of amides is 3. The van der Waals surface area contributed by atoms with Crippen LogP contribution in [0.1, 0.15) is 49.5 Å². The Bertz CT molecular complexity index is 706. The standard InChI is InChI=1S/C20H30N4O3/c1-20(2,3)23-9-6-16(7-10-23)24-13-15-5-4-14(18(26)21-8-11-25)12-17(15)22-19(24)27/h4-5,12,16,25H,6-11,13H2,1-3H3,(H,21,26)(H,22,27). The summed E-state index contributed by atoms with van der Waals surface area (Å²) in [5.41, 5.74) is 2.36. The summed E-state index contributed by atoms with van der Waals surface area (Å²) in [6, 6.07) is 5.52. The number of aliphatic hydroxyl groups is 1. The molecule has 1 aromatic carbocycles. The molecule has 2 aliphatic rings. The predicted molar refractivity (Wildman–Crippen MR) is 105 cm³/mol. The molecule has 0 aliphatic carbocycles. The Morgan fingerprint density at radius 3 is 2.63 bits per heavy atom. The molecule has 0 bridgehead atoms. The van der Waals surface area contributed by atoms with Crippen molar-refractivity contribution in [3.8, 4) is 0 Å². The molecule has 0 aromatic heterocycles. The highest BCUT2D eigenvalue weighted by Gasteiger charge is 2.34. The normalized spacial score (nSPS) is 18.8. The monoisotopic (exact) mass is 374 g/mol. The van der Waals surface area contributed by atoms with Crippen LogP contribution in [0.4, 0.5) is 10.5 Å². The van der Waals surface area contributed by atoms with Gasteiger partial charge in [0.25, 0.3) is 5.91 Å². The van der Waals surface area contributed by atoms with Crippen LogP contribution in [0.25, 0.3) is 0 Å². The van der Waals surface area contributed by atoms with E-state index in [1.54, 1.807) is 12.1 Å². The maximum absolute atomic E-state index is 12.7. The largest absolute Gasteiger partial charge is 0.395 e.